The van der Waals surface area contributed by atoms with E-state index in [-0.39, 0.29) is 30.5 Å². The Morgan fingerprint density at radius 1 is 1.40 bits per heavy atom. The van der Waals surface area contributed by atoms with E-state index in [4.69, 9.17) is 0 Å². The average molecular weight is 345 g/mol. The van der Waals surface area contributed by atoms with Gasteiger partial charge in [0.25, 0.3) is 0 Å². The quantitative estimate of drug-likeness (QED) is 0.878. The van der Waals surface area contributed by atoms with Gasteiger partial charge in [-0.3, -0.25) is 4.79 Å². The third-order valence-electron chi connectivity index (χ3n) is 5.39. The van der Waals surface area contributed by atoms with Crippen LogP contribution in [0.15, 0.2) is 24.3 Å². The lowest BCUT2D eigenvalue weighted by atomic mass is 10.00. The van der Waals surface area contributed by atoms with Crippen LogP contribution >= 0.6 is 0 Å². The first-order valence-corrected chi connectivity index (χ1v) is 9.06. The number of carbonyl (C=O) groups excluding carboxylic acids is 2. The Morgan fingerprint density at radius 2 is 2.20 bits per heavy atom. The Hall–Kier alpha value is -2.08. The van der Waals surface area contributed by atoms with Crippen LogP contribution in [0.25, 0.3) is 0 Å². The van der Waals surface area contributed by atoms with Gasteiger partial charge in [0, 0.05) is 44.3 Å². The van der Waals surface area contributed by atoms with E-state index in [1.807, 2.05) is 36.1 Å². The Morgan fingerprint density at radius 3 is 2.84 bits per heavy atom. The molecule has 0 saturated carbocycles. The number of benzene rings is 1. The smallest absolute Gasteiger partial charge is 0.317 e. The number of urea groups is 1. The van der Waals surface area contributed by atoms with Crippen LogP contribution in [-0.2, 0) is 4.79 Å². The standard InChI is InChI=1S/C19H27N3O3/c1-13-10-21(11-16(13)12-23)19(25)20-14(2)15-5-3-6-17(9-15)22-8-4-7-18(22)24/h3,5-6,9,13-14,16,23H,4,7-8,10-12H2,1-2H3,(H,20,25)/t13-,14+,16+/m1/s1. The van der Waals surface area contributed by atoms with Crippen molar-refractivity contribution >= 4 is 17.6 Å². The summed E-state index contributed by atoms with van der Waals surface area (Å²) >= 11 is 0. The maximum absolute atomic E-state index is 12.5. The average Bonchev–Trinajstić information content (AvgIpc) is 3.20. The highest BCUT2D eigenvalue weighted by molar-refractivity contribution is 5.95. The van der Waals surface area contributed by atoms with E-state index in [2.05, 4.69) is 12.2 Å². The molecule has 6 heteroatoms. The second kappa shape index (κ2) is 7.44. The van der Waals surface area contributed by atoms with Crippen molar-refractivity contribution in [3.63, 3.8) is 0 Å². The molecule has 0 bridgehead atoms. The highest BCUT2D eigenvalue weighted by Crippen LogP contribution is 2.26. The number of likely N-dealkylation sites (tertiary alicyclic amines) is 1. The molecule has 2 aliphatic rings. The predicted molar refractivity (Wildman–Crippen MR) is 96.3 cm³/mol. The minimum Gasteiger partial charge on any atom is -0.396 e. The molecule has 6 nitrogen and oxygen atoms in total. The van der Waals surface area contributed by atoms with Crippen LogP contribution in [0.3, 0.4) is 0 Å². The summed E-state index contributed by atoms with van der Waals surface area (Å²) < 4.78 is 0. The Labute approximate surface area is 148 Å². The molecule has 1 aromatic carbocycles. The third kappa shape index (κ3) is 3.79. The summed E-state index contributed by atoms with van der Waals surface area (Å²) in [5, 5.41) is 12.4. The monoisotopic (exact) mass is 345 g/mol. The molecule has 25 heavy (non-hydrogen) atoms. The number of aliphatic hydroxyl groups excluding tert-OH is 1. The first kappa shape index (κ1) is 17.7. The van der Waals surface area contributed by atoms with Gasteiger partial charge in [0.05, 0.1) is 6.04 Å². The lowest BCUT2D eigenvalue weighted by Crippen LogP contribution is -2.40. The molecule has 0 unspecified atom stereocenters. The molecule has 0 aliphatic carbocycles. The molecule has 0 aromatic heterocycles. The number of hydrogen-bond acceptors (Lipinski definition) is 3. The molecule has 0 radical (unpaired) electrons. The van der Waals surface area contributed by atoms with Crippen LogP contribution in [-0.4, -0.2) is 48.2 Å². The van der Waals surface area contributed by atoms with Gasteiger partial charge in [-0.2, -0.15) is 0 Å². The van der Waals surface area contributed by atoms with Gasteiger partial charge in [-0.15, -0.1) is 0 Å². The van der Waals surface area contributed by atoms with E-state index in [0.29, 0.717) is 25.4 Å². The molecule has 2 heterocycles. The van der Waals surface area contributed by atoms with Crippen LogP contribution in [0.2, 0.25) is 0 Å². The molecule has 2 saturated heterocycles. The van der Waals surface area contributed by atoms with Gasteiger partial charge in [0.15, 0.2) is 0 Å². The maximum Gasteiger partial charge on any atom is 0.317 e. The van der Waals surface area contributed by atoms with Crippen LogP contribution < -0.4 is 10.2 Å². The molecule has 2 fully saturated rings. The van der Waals surface area contributed by atoms with Crippen molar-refractivity contribution in [2.45, 2.75) is 32.7 Å². The summed E-state index contributed by atoms with van der Waals surface area (Å²) in [4.78, 5) is 28.0. The highest BCUT2D eigenvalue weighted by atomic mass is 16.3. The molecule has 136 valence electrons. The Kier molecular flexibility index (Phi) is 5.27. The molecule has 1 aromatic rings. The number of aliphatic hydroxyl groups is 1. The van der Waals surface area contributed by atoms with Crippen LogP contribution in [0, 0.1) is 11.8 Å². The third-order valence-corrected chi connectivity index (χ3v) is 5.39. The number of nitrogens with zero attached hydrogens (tertiary/aromatic N) is 2. The van der Waals surface area contributed by atoms with Crippen molar-refractivity contribution in [1.82, 2.24) is 10.2 Å². The normalized spacial score (nSPS) is 24.7. The van der Waals surface area contributed by atoms with Crippen molar-refractivity contribution in [3.05, 3.63) is 29.8 Å². The highest BCUT2D eigenvalue weighted by Gasteiger charge is 2.32. The van der Waals surface area contributed by atoms with Crippen molar-refractivity contribution in [1.29, 1.82) is 0 Å². The summed E-state index contributed by atoms with van der Waals surface area (Å²) in [6.07, 6.45) is 1.50. The van der Waals surface area contributed by atoms with Crippen LogP contribution in [0.1, 0.15) is 38.3 Å². The van der Waals surface area contributed by atoms with Gasteiger partial charge in [0.2, 0.25) is 5.91 Å². The van der Waals surface area contributed by atoms with Gasteiger partial charge < -0.3 is 20.2 Å². The molecule has 3 amide bonds. The Balaban J connectivity index is 1.64. The first-order chi connectivity index (χ1) is 12.0. The van der Waals surface area contributed by atoms with Crippen molar-refractivity contribution < 1.29 is 14.7 Å². The predicted octanol–water partition coefficient (Wildman–Crippen LogP) is 2.14. The van der Waals surface area contributed by atoms with Gasteiger partial charge in [0.1, 0.15) is 0 Å². The topological polar surface area (TPSA) is 72.9 Å². The number of hydrogen-bond donors (Lipinski definition) is 2. The van der Waals surface area contributed by atoms with Gasteiger partial charge in [-0.05, 0) is 37.0 Å². The fourth-order valence-electron chi connectivity index (χ4n) is 3.68. The number of anilines is 1. The van der Waals surface area contributed by atoms with Crippen molar-refractivity contribution in [2.24, 2.45) is 11.8 Å². The number of rotatable bonds is 4. The molecule has 3 rings (SSSR count). The molecule has 0 spiro atoms. The van der Waals surface area contributed by atoms with Crippen LogP contribution in [0.4, 0.5) is 10.5 Å². The fraction of sp³-hybridized carbons (Fsp3) is 0.579. The minimum atomic E-state index is -0.145. The zero-order valence-corrected chi connectivity index (χ0v) is 14.9. The Bertz CT molecular complexity index is 649. The van der Waals surface area contributed by atoms with E-state index in [0.717, 1.165) is 24.2 Å². The minimum absolute atomic E-state index is 0.0991. The van der Waals surface area contributed by atoms with Gasteiger partial charge >= 0.3 is 6.03 Å². The lowest BCUT2D eigenvalue weighted by Gasteiger charge is -2.23. The summed E-state index contributed by atoms with van der Waals surface area (Å²) in [6.45, 7) is 6.16. The first-order valence-electron chi connectivity index (χ1n) is 9.06. The molecular weight excluding hydrogens is 318 g/mol. The molecule has 3 atom stereocenters. The van der Waals surface area contributed by atoms with E-state index < -0.39 is 0 Å². The fourth-order valence-corrected chi connectivity index (χ4v) is 3.68. The largest absolute Gasteiger partial charge is 0.396 e. The summed E-state index contributed by atoms with van der Waals surface area (Å²) in [6, 6.07) is 7.58. The second-order valence-electron chi connectivity index (χ2n) is 7.24. The van der Waals surface area contributed by atoms with Gasteiger partial charge in [-0.25, -0.2) is 4.79 Å². The summed E-state index contributed by atoms with van der Waals surface area (Å²) in [5.74, 6) is 0.635. The van der Waals surface area contributed by atoms with E-state index >= 15 is 0 Å². The number of carbonyl (C=O) groups is 2. The van der Waals surface area contributed by atoms with E-state index in [1.54, 1.807) is 4.90 Å². The SMILES string of the molecule is C[C@H](NC(=O)N1C[C@@H](CO)[C@H](C)C1)c1cccc(N2CCCC2=O)c1. The van der Waals surface area contributed by atoms with Gasteiger partial charge in [-0.1, -0.05) is 19.1 Å². The van der Waals surface area contributed by atoms with Crippen molar-refractivity contribution in [2.75, 3.05) is 31.1 Å². The summed E-state index contributed by atoms with van der Waals surface area (Å²) in [7, 11) is 0. The van der Waals surface area contributed by atoms with E-state index in [1.165, 1.54) is 0 Å². The van der Waals surface area contributed by atoms with Crippen LogP contribution in [0.5, 0.6) is 0 Å². The molecule has 2 aliphatic heterocycles. The number of nitrogens with one attached hydrogen (secondary N) is 1. The zero-order chi connectivity index (χ0) is 18.0. The second-order valence-corrected chi connectivity index (χ2v) is 7.24. The van der Waals surface area contributed by atoms with E-state index in [9.17, 15) is 14.7 Å². The lowest BCUT2D eigenvalue weighted by molar-refractivity contribution is -0.117. The zero-order valence-electron chi connectivity index (χ0n) is 14.9. The summed E-state index contributed by atoms with van der Waals surface area (Å²) in [5.41, 5.74) is 1.88. The molecule has 2 N–H and O–H groups in total. The van der Waals surface area contributed by atoms with Crippen molar-refractivity contribution in [3.8, 4) is 0 Å². The molecular formula is C19H27N3O3. The maximum atomic E-state index is 12.5. The number of amides is 3.